The van der Waals surface area contributed by atoms with E-state index in [9.17, 15) is 0 Å². The van der Waals surface area contributed by atoms with E-state index < -0.39 is 0 Å². The Morgan fingerprint density at radius 2 is 1.74 bits per heavy atom. The van der Waals surface area contributed by atoms with E-state index in [0.29, 0.717) is 18.5 Å². The molecule has 1 heterocycles. The Morgan fingerprint density at radius 3 is 2.33 bits per heavy atom. The molecule has 0 spiro atoms. The number of benzene rings is 1. The van der Waals surface area contributed by atoms with Crippen molar-refractivity contribution in [3.05, 3.63) is 30.3 Å². The maximum absolute atomic E-state index is 5.90. The molecule has 7 heteroatoms. The van der Waals surface area contributed by atoms with E-state index in [1.54, 1.807) is 7.05 Å². The number of aliphatic imine (C=N–C) groups is 1. The minimum atomic E-state index is 0. The first-order chi connectivity index (χ1) is 12.6. The van der Waals surface area contributed by atoms with Crippen LogP contribution in [0, 0.1) is 5.92 Å². The highest BCUT2D eigenvalue weighted by Gasteiger charge is 2.23. The molecule has 6 nitrogen and oxygen atoms in total. The second-order valence-electron chi connectivity index (χ2n) is 7.04. The van der Waals surface area contributed by atoms with Gasteiger partial charge in [-0.25, -0.2) is 0 Å². The van der Waals surface area contributed by atoms with Crippen molar-refractivity contribution in [2.24, 2.45) is 10.9 Å². The van der Waals surface area contributed by atoms with E-state index in [1.807, 2.05) is 30.3 Å². The molecule has 1 aliphatic heterocycles. The zero-order chi connectivity index (χ0) is 18.8. The first-order valence-corrected chi connectivity index (χ1v) is 9.58. The quantitative estimate of drug-likeness (QED) is 0.334. The van der Waals surface area contributed by atoms with Crippen LogP contribution in [0.2, 0.25) is 0 Å². The van der Waals surface area contributed by atoms with Crippen LogP contribution < -0.4 is 15.4 Å². The third kappa shape index (κ3) is 8.66. The molecule has 0 aliphatic carbocycles. The number of hydrogen-bond acceptors (Lipinski definition) is 4. The zero-order valence-corrected chi connectivity index (χ0v) is 19.3. The van der Waals surface area contributed by atoms with Gasteiger partial charge < -0.3 is 20.1 Å². The summed E-state index contributed by atoms with van der Waals surface area (Å²) in [7, 11) is 1.80. The molecule has 154 valence electrons. The number of hydrogen-bond donors (Lipinski definition) is 2. The molecule has 1 aromatic rings. The van der Waals surface area contributed by atoms with Crippen molar-refractivity contribution < 1.29 is 9.47 Å². The topological polar surface area (TPSA) is 58.1 Å². The van der Waals surface area contributed by atoms with Gasteiger partial charge in [0.05, 0.1) is 19.8 Å². The van der Waals surface area contributed by atoms with E-state index in [4.69, 9.17) is 9.47 Å². The fourth-order valence-corrected chi connectivity index (χ4v) is 3.13. The highest BCUT2D eigenvalue weighted by atomic mass is 127. The van der Waals surface area contributed by atoms with Crippen LogP contribution in [-0.4, -0.2) is 69.4 Å². The summed E-state index contributed by atoms with van der Waals surface area (Å²) in [5.74, 6) is 2.27. The Hall–Kier alpha value is -1.06. The van der Waals surface area contributed by atoms with E-state index in [2.05, 4.69) is 41.3 Å². The lowest BCUT2D eigenvalue weighted by Gasteiger charge is -2.37. The number of halogens is 1. The van der Waals surface area contributed by atoms with E-state index >= 15 is 0 Å². The summed E-state index contributed by atoms with van der Waals surface area (Å²) < 4.78 is 11.4. The maximum Gasteiger partial charge on any atom is 0.191 e. The molecule has 0 amide bonds. The summed E-state index contributed by atoms with van der Waals surface area (Å²) >= 11 is 0. The summed E-state index contributed by atoms with van der Waals surface area (Å²) in [4.78, 5) is 6.85. The predicted octanol–water partition coefficient (Wildman–Crippen LogP) is 2.59. The lowest BCUT2D eigenvalue weighted by atomic mass is 10.0. The Bertz CT molecular complexity index is 536. The van der Waals surface area contributed by atoms with Crippen molar-refractivity contribution in [3.8, 4) is 5.75 Å². The monoisotopic (exact) mass is 490 g/mol. The Morgan fingerprint density at radius 1 is 1.11 bits per heavy atom. The van der Waals surface area contributed by atoms with Gasteiger partial charge in [-0.3, -0.25) is 9.89 Å². The lowest BCUT2D eigenvalue weighted by Crippen LogP contribution is -2.53. The van der Waals surface area contributed by atoms with Gasteiger partial charge in [0.25, 0.3) is 0 Å². The van der Waals surface area contributed by atoms with Crippen LogP contribution in [0.4, 0.5) is 0 Å². The van der Waals surface area contributed by atoms with E-state index in [1.165, 1.54) is 0 Å². The third-order valence-electron chi connectivity index (χ3n) is 4.62. The first-order valence-electron chi connectivity index (χ1n) is 9.58. The fraction of sp³-hybridized carbons (Fsp3) is 0.650. The summed E-state index contributed by atoms with van der Waals surface area (Å²) in [6, 6.07) is 10.4. The highest BCUT2D eigenvalue weighted by molar-refractivity contribution is 14.0. The minimum absolute atomic E-state index is 0. The molecule has 1 saturated heterocycles. The lowest BCUT2D eigenvalue weighted by molar-refractivity contribution is 0.00751. The third-order valence-corrected chi connectivity index (χ3v) is 4.62. The van der Waals surface area contributed by atoms with Gasteiger partial charge in [-0.2, -0.15) is 0 Å². The number of para-hydroxylation sites is 1. The predicted molar refractivity (Wildman–Crippen MR) is 122 cm³/mol. The van der Waals surface area contributed by atoms with E-state index in [-0.39, 0.29) is 30.1 Å². The highest BCUT2D eigenvalue weighted by Crippen LogP contribution is 2.12. The van der Waals surface area contributed by atoms with Gasteiger partial charge in [0.2, 0.25) is 0 Å². The molecule has 0 aromatic heterocycles. The summed E-state index contributed by atoms with van der Waals surface area (Å²) in [5, 5.41) is 6.83. The first kappa shape index (κ1) is 24.0. The van der Waals surface area contributed by atoms with Gasteiger partial charge in [0.15, 0.2) is 5.96 Å². The van der Waals surface area contributed by atoms with Crippen molar-refractivity contribution in [2.45, 2.75) is 32.9 Å². The zero-order valence-electron chi connectivity index (χ0n) is 17.0. The van der Waals surface area contributed by atoms with Crippen LogP contribution >= 0.6 is 24.0 Å². The molecule has 1 aromatic carbocycles. The van der Waals surface area contributed by atoms with Gasteiger partial charge in [-0.05, 0) is 25.0 Å². The van der Waals surface area contributed by atoms with Crippen molar-refractivity contribution >= 4 is 29.9 Å². The van der Waals surface area contributed by atoms with Crippen LogP contribution in [0.3, 0.4) is 0 Å². The summed E-state index contributed by atoms with van der Waals surface area (Å²) in [6.45, 7) is 11.8. The average Bonchev–Trinajstić information content (AvgIpc) is 2.66. The van der Waals surface area contributed by atoms with Gasteiger partial charge in [0.1, 0.15) is 11.9 Å². The van der Waals surface area contributed by atoms with Gasteiger partial charge in [0, 0.05) is 32.7 Å². The van der Waals surface area contributed by atoms with Crippen LogP contribution in [-0.2, 0) is 4.74 Å². The smallest absolute Gasteiger partial charge is 0.191 e. The van der Waals surface area contributed by atoms with Crippen molar-refractivity contribution in [1.29, 1.82) is 0 Å². The Kier molecular flexibility index (Phi) is 11.7. The molecule has 1 aliphatic rings. The Labute approximate surface area is 181 Å². The van der Waals surface area contributed by atoms with Crippen LogP contribution in [0.1, 0.15) is 20.8 Å². The fourth-order valence-electron chi connectivity index (χ4n) is 3.13. The van der Waals surface area contributed by atoms with Gasteiger partial charge in [-0.1, -0.05) is 32.0 Å². The second-order valence-corrected chi connectivity index (χ2v) is 7.04. The second kappa shape index (κ2) is 13.2. The molecule has 0 bridgehead atoms. The van der Waals surface area contributed by atoms with Gasteiger partial charge in [-0.15, -0.1) is 24.0 Å². The SMILES string of the molecule is CN=C(NCC(C)Oc1ccccc1)NCC(C(C)C)N1CCOCC1.I. The molecule has 1 fully saturated rings. The van der Waals surface area contributed by atoms with Crippen molar-refractivity contribution in [1.82, 2.24) is 15.5 Å². The molecule has 0 radical (unpaired) electrons. The molecule has 0 saturated carbocycles. The standard InChI is InChI=1S/C20H34N4O2.HI/c1-16(2)19(24-10-12-25-13-11-24)15-23-20(21-4)22-14-17(3)26-18-8-6-5-7-9-18;/h5-9,16-17,19H,10-15H2,1-4H3,(H2,21,22,23);1H. The molecule has 2 unspecified atom stereocenters. The molecule has 2 N–H and O–H groups in total. The summed E-state index contributed by atoms with van der Waals surface area (Å²) in [6.07, 6.45) is 0.0519. The minimum Gasteiger partial charge on any atom is -0.489 e. The molecular weight excluding hydrogens is 455 g/mol. The number of guanidine groups is 1. The summed E-state index contributed by atoms with van der Waals surface area (Å²) in [5.41, 5.74) is 0. The van der Waals surface area contributed by atoms with Crippen LogP contribution in [0.5, 0.6) is 5.75 Å². The van der Waals surface area contributed by atoms with Crippen LogP contribution in [0.25, 0.3) is 0 Å². The van der Waals surface area contributed by atoms with Crippen LogP contribution in [0.15, 0.2) is 35.3 Å². The largest absolute Gasteiger partial charge is 0.489 e. The molecular formula is C20H35IN4O2. The maximum atomic E-state index is 5.90. The normalized spacial score (nSPS) is 17.7. The number of nitrogens with one attached hydrogen (secondary N) is 2. The van der Waals surface area contributed by atoms with E-state index in [0.717, 1.165) is 44.6 Å². The van der Waals surface area contributed by atoms with Crippen molar-refractivity contribution in [3.63, 3.8) is 0 Å². The molecule has 27 heavy (non-hydrogen) atoms. The number of rotatable bonds is 8. The molecule has 2 atom stereocenters. The average molecular weight is 490 g/mol. The Balaban J connectivity index is 0.00000364. The van der Waals surface area contributed by atoms with Crippen molar-refractivity contribution in [2.75, 3.05) is 46.4 Å². The number of nitrogens with zero attached hydrogens (tertiary/aromatic N) is 2. The molecule has 2 rings (SSSR count). The van der Waals surface area contributed by atoms with Gasteiger partial charge >= 0.3 is 0 Å². The number of morpholine rings is 1. The number of ether oxygens (including phenoxy) is 2.